The number of amides is 2. The molecule has 3 heterocycles. The number of aromatic nitrogens is 2. The Kier molecular flexibility index (Phi) is 6.15. The van der Waals surface area contributed by atoms with Gasteiger partial charge in [-0.05, 0) is 37.0 Å². The van der Waals surface area contributed by atoms with Crippen molar-refractivity contribution >= 4 is 17.5 Å². The first-order chi connectivity index (χ1) is 15.0. The van der Waals surface area contributed by atoms with Crippen LogP contribution in [-0.2, 0) is 11.8 Å². The van der Waals surface area contributed by atoms with Gasteiger partial charge in [0.2, 0.25) is 5.91 Å². The minimum Gasteiger partial charge on any atom is -0.337 e. The lowest BCUT2D eigenvalue weighted by Gasteiger charge is -2.37. The lowest BCUT2D eigenvalue weighted by molar-refractivity contribution is -0.122. The summed E-state index contributed by atoms with van der Waals surface area (Å²) < 4.78 is 1.17. The number of hydrogen-bond acceptors (Lipinski definition) is 6. The molecule has 2 aliphatic heterocycles. The van der Waals surface area contributed by atoms with Gasteiger partial charge in [-0.1, -0.05) is 18.2 Å². The van der Waals surface area contributed by atoms with Crippen molar-refractivity contribution in [2.75, 3.05) is 31.6 Å². The minimum atomic E-state index is -0.252. The minimum absolute atomic E-state index is 0.0527. The number of nitrogens with zero attached hydrogens (tertiary/aromatic N) is 4. The van der Waals surface area contributed by atoms with Crippen LogP contribution in [0.3, 0.4) is 0 Å². The molecular weight excluding hydrogens is 396 g/mol. The van der Waals surface area contributed by atoms with Crippen molar-refractivity contribution in [1.29, 1.82) is 0 Å². The normalized spacial score (nSPS) is 23.5. The molecule has 0 saturated carbocycles. The molecule has 2 saturated heterocycles. The number of piperidine rings is 1. The van der Waals surface area contributed by atoms with Crippen LogP contribution in [0.4, 0.5) is 5.69 Å². The molecule has 1 aromatic heterocycles. The molecule has 31 heavy (non-hydrogen) atoms. The average molecular weight is 425 g/mol. The molecule has 164 valence electrons. The first-order valence-corrected chi connectivity index (χ1v) is 10.6. The van der Waals surface area contributed by atoms with Gasteiger partial charge in [-0.2, -0.15) is 5.10 Å². The van der Waals surface area contributed by atoms with Gasteiger partial charge < -0.3 is 9.80 Å². The average Bonchev–Trinajstić information content (AvgIpc) is 3.30. The molecule has 4 rings (SSSR count). The van der Waals surface area contributed by atoms with Crippen LogP contribution in [0.25, 0.3) is 0 Å². The molecule has 0 aliphatic carbocycles. The molecule has 0 spiro atoms. The molecule has 3 unspecified atom stereocenters. The number of likely N-dealkylation sites (tertiary alicyclic amines) is 1. The first-order valence-electron chi connectivity index (χ1n) is 10.6. The number of benzene rings is 1. The van der Waals surface area contributed by atoms with Gasteiger partial charge in [-0.15, -0.1) is 0 Å². The predicted molar refractivity (Wildman–Crippen MR) is 116 cm³/mol. The predicted octanol–water partition coefficient (Wildman–Crippen LogP) is 0.388. The summed E-state index contributed by atoms with van der Waals surface area (Å²) in [6.45, 7) is 1.73. The fourth-order valence-electron chi connectivity index (χ4n) is 4.50. The Balaban J connectivity index is 1.47. The maximum absolute atomic E-state index is 13.2. The summed E-state index contributed by atoms with van der Waals surface area (Å²) >= 11 is 0. The number of hydrogen-bond donors (Lipinski definition) is 2. The highest BCUT2D eigenvalue weighted by atomic mass is 16.2. The zero-order valence-corrected chi connectivity index (χ0v) is 17.8. The molecule has 2 N–H and O–H groups in total. The van der Waals surface area contributed by atoms with Gasteiger partial charge in [-0.3, -0.25) is 25.2 Å². The van der Waals surface area contributed by atoms with Crippen molar-refractivity contribution in [3.63, 3.8) is 0 Å². The van der Waals surface area contributed by atoms with Crippen molar-refractivity contribution < 1.29 is 9.59 Å². The van der Waals surface area contributed by atoms with Crippen LogP contribution in [0.2, 0.25) is 0 Å². The molecular formula is C22H28N6O3. The summed E-state index contributed by atoms with van der Waals surface area (Å²) in [5.74, 6) is -0.216. The molecule has 0 radical (unpaired) electrons. The third kappa shape index (κ3) is 4.38. The van der Waals surface area contributed by atoms with Crippen LogP contribution in [0.1, 0.15) is 23.3 Å². The van der Waals surface area contributed by atoms with Crippen LogP contribution in [-0.4, -0.2) is 59.2 Å². The molecule has 3 atom stereocenters. The van der Waals surface area contributed by atoms with Crippen molar-refractivity contribution in [2.45, 2.75) is 18.9 Å². The number of anilines is 1. The van der Waals surface area contributed by atoms with Crippen molar-refractivity contribution in [1.82, 2.24) is 25.5 Å². The zero-order valence-electron chi connectivity index (χ0n) is 17.8. The highest BCUT2D eigenvalue weighted by Crippen LogP contribution is 2.28. The van der Waals surface area contributed by atoms with Gasteiger partial charge in [0.05, 0.1) is 5.92 Å². The molecule has 2 fully saturated rings. The number of hydrazine groups is 1. The van der Waals surface area contributed by atoms with E-state index in [4.69, 9.17) is 0 Å². The van der Waals surface area contributed by atoms with Gasteiger partial charge >= 0.3 is 0 Å². The van der Waals surface area contributed by atoms with E-state index in [9.17, 15) is 14.4 Å². The van der Waals surface area contributed by atoms with Gasteiger partial charge in [0.15, 0.2) is 0 Å². The van der Waals surface area contributed by atoms with Crippen molar-refractivity contribution in [2.24, 2.45) is 18.9 Å². The second kappa shape index (κ2) is 8.99. The molecule has 2 amide bonds. The Labute approximate surface area is 181 Å². The highest BCUT2D eigenvalue weighted by Gasteiger charge is 2.41. The smallest absolute Gasteiger partial charge is 0.274 e. The zero-order chi connectivity index (χ0) is 22.0. The Morgan fingerprint density at radius 2 is 1.94 bits per heavy atom. The van der Waals surface area contributed by atoms with Gasteiger partial charge in [0.1, 0.15) is 5.69 Å². The number of carbonyl (C=O) groups is 2. The number of carbonyl (C=O) groups excluding carboxylic acids is 2. The Morgan fingerprint density at radius 3 is 2.68 bits per heavy atom. The number of rotatable bonds is 4. The summed E-state index contributed by atoms with van der Waals surface area (Å²) in [4.78, 5) is 41.3. The number of nitrogens with one attached hydrogen (secondary N) is 2. The Morgan fingerprint density at radius 1 is 1.16 bits per heavy atom. The van der Waals surface area contributed by atoms with Crippen molar-refractivity contribution in [3.05, 3.63) is 58.5 Å². The highest BCUT2D eigenvalue weighted by molar-refractivity contribution is 5.95. The number of aryl methyl sites for hydroxylation is 1. The second-order valence-corrected chi connectivity index (χ2v) is 8.22. The SMILES string of the molecule is CN(C(=O)C1CNNC1C1CCCN(C(=O)c2ccc(=O)n(C)n2)C1)c1ccccc1. The lowest BCUT2D eigenvalue weighted by Crippen LogP contribution is -2.51. The van der Waals surface area contributed by atoms with Crippen LogP contribution >= 0.6 is 0 Å². The summed E-state index contributed by atoms with van der Waals surface area (Å²) in [6.07, 6.45) is 1.79. The fourth-order valence-corrected chi connectivity index (χ4v) is 4.50. The van der Waals surface area contributed by atoms with Crippen LogP contribution in [0.15, 0.2) is 47.3 Å². The summed E-state index contributed by atoms with van der Waals surface area (Å²) in [5, 5.41) is 4.09. The Bertz CT molecular complexity index is 1010. The number of para-hydroxylation sites is 1. The largest absolute Gasteiger partial charge is 0.337 e. The van der Waals surface area contributed by atoms with Crippen molar-refractivity contribution in [3.8, 4) is 0 Å². The molecule has 2 aliphatic rings. The summed E-state index contributed by atoms with van der Waals surface area (Å²) in [6, 6.07) is 12.4. The van der Waals surface area contributed by atoms with Crippen LogP contribution < -0.4 is 21.3 Å². The van der Waals surface area contributed by atoms with E-state index in [2.05, 4.69) is 16.0 Å². The Hall–Kier alpha value is -3.04. The summed E-state index contributed by atoms with van der Waals surface area (Å²) in [5.41, 5.74) is 7.30. The van der Waals surface area contributed by atoms with E-state index < -0.39 is 0 Å². The van der Waals surface area contributed by atoms with E-state index in [1.165, 1.54) is 23.9 Å². The maximum Gasteiger partial charge on any atom is 0.274 e. The fraction of sp³-hybridized carbons (Fsp3) is 0.455. The standard InChI is InChI=1S/C22H28N6O3/c1-26(16-8-4-3-5-9-16)21(30)17-13-23-24-20(17)15-7-6-12-28(14-15)22(31)18-10-11-19(29)27(2)25-18/h3-5,8-11,15,17,20,23-24H,6-7,12-14H2,1-2H3. The van der Waals surface area contributed by atoms with E-state index in [1.54, 1.807) is 16.8 Å². The summed E-state index contributed by atoms with van der Waals surface area (Å²) in [7, 11) is 3.33. The molecule has 2 aromatic rings. The third-order valence-corrected chi connectivity index (χ3v) is 6.25. The lowest BCUT2D eigenvalue weighted by atomic mass is 9.83. The van der Waals surface area contributed by atoms with Crippen LogP contribution in [0, 0.1) is 11.8 Å². The topological polar surface area (TPSA) is 99.6 Å². The first kappa shape index (κ1) is 21.2. The van der Waals surface area contributed by atoms with E-state index in [-0.39, 0.29) is 40.9 Å². The second-order valence-electron chi connectivity index (χ2n) is 8.22. The third-order valence-electron chi connectivity index (χ3n) is 6.25. The van der Waals surface area contributed by atoms with E-state index >= 15 is 0 Å². The molecule has 1 aromatic carbocycles. The molecule has 9 nitrogen and oxygen atoms in total. The van der Waals surface area contributed by atoms with E-state index in [0.717, 1.165) is 18.5 Å². The van der Waals surface area contributed by atoms with Gasteiger partial charge in [-0.25, -0.2) is 4.68 Å². The molecule has 0 bridgehead atoms. The van der Waals surface area contributed by atoms with E-state index in [1.807, 2.05) is 30.3 Å². The molecule has 9 heteroatoms. The quantitative estimate of drug-likeness (QED) is 0.737. The van der Waals surface area contributed by atoms with E-state index in [0.29, 0.717) is 19.6 Å². The van der Waals surface area contributed by atoms with Gasteiger partial charge in [0, 0.05) is 51.5 Å². The van der Waals surface area contributed by atoms with Gasteiger partial charge in [0.25, 0.3) is 11.5 Å². The monoisotopic (exact) mass is 424 g/mol. The maximum atomic E-state index is 13.2. The van der Waals surface area contributed by atoms with Crippen LogP contribution in [0.5, 0.6) is 0 Å².